The maximum atomic E-state index is 12.9. The zero-order valence-corrected chi connectivity index (χ0v) is 9.48. The average Bonchev–Trinajstić information content (AvgIpc) is 2.20. The van der Waals surface area contributed by atoms with E-state index >= 15 is 0 Å². The smallest absolute Gasteiger partial charge is 0.137 e. The molecule has 0 saturated heterocycles. The van der Waals surface area contributed by atoms with Crippen LogP contribution in [0.4, 0.5) is 4.39 Å². The predicted molar refractivity (Wildman–Crippen MR) is 59.6 cm³/mol. The molecule has 0 aliphatic rings. The standard InChI is InChI=1S/C12H14ClFO/c1-2-3-4-11(15)8-9-7-10(14)5-6-12(9)13/h5-7H,2-4,8H2,1H3. The minimum absolute atomic E-state index is 0.115. The first kappa shape index (κ1) is 12.2. The van der Waals surface area contributed by atoms with E-state index in [0.29, 0.717) is 17.0 Å². The minimum atomic E-state index is -0.349. The number of rotatable bonds is 5. The third-order valence-electron chi connectivity index (χ3n) is 2.20. The molecular weight excluding hydrogens is 215 g/mol. The van der Waals surface area contributed by atoms with Crippen LogP contribution in [-0.2, 0) is 11.2 Å². The van der Waals surface area contributed by atoms with Crippen LogP contribution >= 0.6 is 11.6 Å². The summed E-state index contributed by atoms with van der Waals surface area (Å²) in [5.41, 5.74) is 0.581. The van der Waals surface area contributed by atoms with Gasteiger partial charge in [-0.05, 0) is 30.2 Å². The molecule has 82 valence electrons. The first-order valence-corrected chi connectivity index (χ1v) is 5.47. The van der Waals surface area contributed by atoms with Crippen molar-refractivity contribution in [2.24, 2.45) is 0 Å². The van der Waals surface area contributed by atoms with Gasteiger partial charge in [-0.3, -0.25) is 4.79 Å². The van der Waals surface area contributed by atoms with Crippen molar-refractivity contribution in [2.75, 3.05) is 0 Å². The van der Waals surface area contributed by atoms with E-state index in [1.165, 1.54) is 18.2 Å². The van der Waals surface area contributed by atoms with Gasteiger partial charge in [0.1, 0.15) is 11.6 Å². The van der Waals surface area contributed by atoms with Gasteiger partial charge in [-0.25, -0.2) is 4.39 Å². The van der Waals surface area contributed by atoms with Crippen LogP contribution in [0, 0.1) is 5.82 Å². The lowest BCUT2D eigenvalue weighted by atomic mass is 10.0. The van der Waals surface area contributed by atoms with Crippen LogP contribution in [0.5, 0.6) is 0 Å². The third-order valence-corrected chi connectivity index (χ3v) is 2.57. The summed E-state index contributed by atoms with van der Waals surface area (Å²) in [5, 5.41) is 0.459. The highest BCUT2D eigenvalue weighted by Crippen LogP contribution is 2.18. The molecule has 0 spiro atoms. The Bertz CT molecular complexity index is 349. The quantitative estimate of drug-likeness (QED) is 0.750. The maximum absolute atomic E-state index is 12.9. The molecule has 0 N–H and O–H groups in total. The fraction of sp³-hybridized carbons (Fsp3) is 0.417. The van der Waals surface area contributed by atoms with Crippen LogP contribution in [0.3, 0.4) is 0 Å². The molecule has 1 aromatic rings. The van der Waals surface area contributed by atoms with Crippen molar-refractivity contribution in [2.45, 2.75) is 32.6 Å². The second kappa shape index (κ2) is 5.86. The molecular formula is C12H14ClFO. The van der Waals surface area contributed by atoms with Gasteiger partial charge in [0.2, 0.25) is 0 Å². The van der Waals surface area contributed by atoms with E-state index in [0.717, 1.165) is 12.8 Å². The van der Waals surface area contributed by atoms with E-state index in [2.05, 4.69) is 0 Å². The van der Waals surface area contributed by atoms with Gasteiger partial charge in [0.05, 0.1) is 0 Å². The zero-order chi connectivity index (χ0) is 11.3. The van der Waals surface area contributed by atoms with Crippen molar-refractivity contribution in [3.63, 3.8) is 0 Å². The molecule has 1 aromatic carbocycles. The van der Waals surface area contributed by atoms with Crippen LogP contribution in [0.2, 0.25) is 5.02 Å². The van der Waals surface area contributed by atoms with Gasteiger partial charge >= 0.3 is 0 Å². The van der Waals surface area contributed by atoms with Gasteiger partial charge < -0.3 is 0 Å². The summed E-state index contributed by atoms with van der Waals surface area (Å²) in [6.07, 6.45) is 2.65. The number of hydrogen-bond acceptors (Lipinski definition) is 1. The Morgan fingerprint density at radius 1 is 1.47 bits per heavy atom. The molecule has 1 nitrogen and oxygen atoms in total. The van der Waals surface area contributed by atoms with Gasteiger partial charge in [-0.2, -0.15) is 0 Å². The Balaban J connectivity index is 2.63. The molecule has 15 heavy (non-hydrogen) atoms. The highest BCUT2D eigenvalue weighted by Gasteiger charge is 2.07. The molecule has 0 atom stereocenters. The van der Waals surface area contributed by atoms with E-state index in [9.17, 15) is 9.18 Å². The molecule has 0 aromatic heterocycles. The fourth-order valence-electron chi connectivity index (χ4n) is 1.35. The Hall–Kier alpha value is -0.890. The predicted octanol–water partition coefficient (Wildman–Crippen LogP) is 3.78. The van der Waals surface area contributed by atoms with Crippen molar-refractivity contribution >= 4 is 17.4 Å². The van der Waals surface area contributed by atoms with Gasteiger partial charge in [-0.15, -0.1) is 0 Å². The first-order valence-electron chi connectivity index (χ1n) is 5.09. The Morgan fingerprint density at radius 2 is 2.20 bits per heavy atom. The highest BCUT2D eigenvalue weighted by molar-refractivity contribution is 6.31. The number of hydrogen-bond donors (Lipinski definition) is 0. The molecule has 0 bridgehead atoms. The van der Waals surface area contributed by atoms with Crippen molar-refractivity contribution in [3.05, 3.63) is 34.6 Å². The second-order valence-corrected chi connectivity index (χ2v) is 3.96. The minimum Gasteiger partial charge on any atom is -0.299 e. The van der Waals surface area contributed by atoms with Gasteiger partial charge in [0.25, 0.3) is 0 Å². The fourth-order valence-corrected chi connectivity index (χ4v) is 1.54. The summed E-state index contributed by atoms with van der Waals surface area (Å²) in [7, 11) is 0. The van der Waals surface area contributed by atoms with E-state index in [4.69, 9.17) is 11.6 Å². The normalized spacial score (nSPS) is 10.3. The summed E-state index contributed by atoms with van der Waals surface area (Å²) in [4.78, 5) is 11.5. The molecule has 0 aliphatic heterocycles. The van der Waals surface area contributed by atoms with Crippen molar-refractivity contribution in [1.82, 2.24) is 0 Å². The lowest BCUT2D eigenvalue weighted by Crippen LogP contribution is -2.03. The number of carbonyl (C=O) groups excluding carboxylic acids is 1. The Kier molecular flexibility index (Phi) is 4.76. The number of halogens is 2. The van der Waals surface area contributed by atoms with Crippen LogP contribution in [0.15, 0.2) is 18.2 Å². The van der Waals surface area contributed by atoms with Gasteiger partial charge in [0, 0.05) is 17.9 Å². The molecule has 3 heteroatoms. The number of carbonyl (C=O) groups is 1. The van der Waals surface area contributed by atoms with E-state index in [1.807, 2.05) is 6.92 Å². The number of unbranched alkanes of at least 4 members (excludes halogenated alkanes) is 1. The number of benzene rings is 1. The summed E-state index contributed by atoms with van der Waals surface area (Å²) >= 11 is 5.86. The van der Waals surface area contributed by atoms with Crippen molar-refractivity contribution in [1.29, 1.82) is 0 Å². The third kappa shape index (κ3) is 4.00. The SMILES string of the molecule is CCCCC(=O)Cc1cc(F)ccc1Cl. The summed E-state index contributed by atoms with van der Waals surface area (Å²) < 4.78 is 12.9. The molecule has 1 rings (SSSR count). The molecule has 0 heterocycles. The summed E-state index contributed by atoms with van der Waals surface area (Å²) in [6.45, 7) is 2.03. The van der Waals surface area contributed by atoms with E-state index in [1.54, 1.807) is 0 Å². The number of Topliss-reactive ketones (excluding diaryl/α,β-unsaturated/α-hetero) is 1. The molecule has 0 saturated carbocycles. The molecule has 0 unspecified atom stereocenters. The van der Waals surface area contributed by atoms with Crippen molar-refractivity contribution in [3.8, 4) is 0 Å². The van der Waals surface area contributed by atoms with Crippen LogP contribution < -0.4 is 0 Å². The monoisotopic (exact) mass is 228 g/mol. The zero-order valence-electron chi connectivity index (χ0n) is 8.72. The summed E-state index contributed by atoms with van der Waals surface area (Å²) in [6, 6.07) is 4.11. The average molecular weight is 229 g/mol. The Morgan fingerprint density at radius 3 is 2.87 bits per heavy atom. The van der Waals surface area contributed by atoms with Gasteiger partial charge in [-0.1, -0.05) is 24.9 Å². The summed E-state index contributed by atoms with van der Waals surface area (Å²) in [5.74, 6) is -0.234. The van der Waals surface area contributed by atoms with Crippen molar-refractivity contribution < 1.29 is 9.18 Å². The second-order valence-electron chi connectivity index (χ2n) is 3.55. The molecule has 0 aliphatic carbocycles. The Labute approximate surface area is 94.3 Å². The van der Waals surface area contributed by atoms with Gasteiger partial charge in [0.15, 0.2) is 0 Å². The molecule has 0 fully saturated rings. The maximum Gasteiger partial charge on any atom is 0.137 e. The first-order chi connectivity index (χ1) is 7.13. The largest absolute Gasteiger partial charge is 0.299 e. The van der Waals surface area contributed by atoms with Crippen LogP contribution in [-0.4, -0.2) is 5.78 Å². The lowest BCUT2D eigenvalue weighted by Gasteiger charge is -2.03. The van der Waals surface area contributed by atoms with Crippen LogP contribution in [0.25, 0.3) is 0 Å². The molecule has 0 radical (unpaired) electrons. The van der Waals surface area contributed by atoms with E-state index < -0.39 is 0 Å². The van der Waals surface area contributed by atoms with Crippen LogP contribution in [0.1, 0.15) is 31.7 Å². The highest BCUT2D eigenvalue weighted by atomic mass is 35.5. The topological polar surface area (TPSA) is 17.1 Å². The number of ketones is 1. The van der Waals surface area contributed by atoms with E-state index in [-0.39, 0.29) is 18.0 Å². The lowest BCUT2D eigenvalue weighted by molar-refractivity contribution is -0.118. The molecule has 0 amide bonds.